The van der Waals surface area contributed by atoms with Gasteiger partial charge in [-0.3, -0.25) is 0 Å². The minimum atomic E-state index is 0.390. The predicted molar refractivity (Wildman–Crippen MR) is 84.5 cm³/mol. The molecule has 0 fully saturated rings. The third-order valence-electron chi connectivity index (χ3n) is 3.20. The van der Waals surface area contributed by atoms with E-state index in [2.05, 4.69) is 48.8 Å². The van der Waals surface area contributed by atoms with Crippen LogP contribution in [0.25, 0.3) is 0 Å². The zero-order chi connectivity index (χ0) is 14.4. The van der Waals surface area contributed by atoms with Crippen LogP contribution < -0.4 is 5.32 Å². The number of thiophene rings is 1. The van der Waals surface area contributed by atoms with Crippen LogP contribution in [0.5, 0.6) is 0 Å². The van der Waals surface area contributed by atoms with Crippen LogP contribution in [0.15, 0.2) is 41.8 Å². The van der Waals surface area contributed by atoms with E-state index in [0.717, 1.165) is 24.1 Å². The second-order valence-corrected chi connectivity index (χ2v) is 6.37. The van der Waals surface area contributed by atoms with E-state index in [4.69, 9.17) is 5.26 Å². The van der Waals surface area contributed by atoms with E-state index in [0.29, 0.717) is 12.0 Å². The van der Waals surface area contributed by atoms with Gasteiger partial charge >= 0.3 is 0 Å². The molecular formula is C17H20N2S. The lowest BCUT2D eigenvalue weighted by Crippen LogP contribution is -2.21. The highest BCUT2D eigenvalue weighted by Gasteiger charge is 2.13. The van der Waals surface area contributed by atoms with E-state index < -0.39 is 0 Å². The smallest absolute Gasteiger partial charge is 0.0991 e. The Morgan fingerprint density at radius 2 is 2.10 bits per heavy atom. The molecule has 0 aliphatic carbocycles. The molecule has 2 aromatic rings. The van der Waals surface area contributed by atoms with Crippen molar-refractivity contribution < 1.29 is 0 Å². The molecule has 0 amide bonds. The fourth-order valence-corrected chi connectivity index (χ4v) is 3.07. The van der Waals surface area contributed by atoms with Gasteiger partial charge in [0.2, 0.25) is 0 Å². The van der Waals surface area contributed by atoms with Gasteiger partial charge in [-0.1, -0.05) is 32.0 Å². The Bertz CT molecular complexity index is 567. The predicted octanol–water partition coefficient (Wildman–Crippen LogP) is 4.50. The van der Waals surface area contributed by atoms with E-state index in [9.17, 15) is 0 Å². The third kappa shape index (κ3) is 4.19. The van der Waals surface area contributed by atoms with Crippen LogP contribution in [0.3, 0.4) is 0 Å². The molecule has 1 heterocycles. The van der Waals surface area contributed by atoms with Crippen LogP contribution >= 0.6 is 11.3 Å². The number of rotatable bonds is 6. The minimum absolute atomic E-state index is 0.390. The summed E-state index contributed by atoms with van der Waals surface area (Å²) in [7, 11) is 0. The normalized spacial score (nSPS) is 12.3. The maximum atomic E-state index is 8.94. The van der Waals surface area contributed by atoms with Gasteiger partial charge in [0.1, 0.15) is 0 Å². The van der Waals surface area contributed by atoms with Gasteiger partial charge in [-0.15, -0.1) is 11.3 Å². The maximum absolute atomic E-state index is 8.94. The van der Waals surface area contributed by atoms with E-state index in [1.165, 1.54) is 4.88 Å². The van der Waals surface area contributed by atoms with Gasteiger partial charge in [-0.05, 0) is 41.5 Å². The number of nitriles is 1. The molecule has 1 aromatic heterocycles. The Kier molecular flexibility index (Phi) is 5.34. The first kappa shape index (κ1) is 14.8. The van der Waals surface area contributed by atoms with Crippen LogP contribution in [-0.2, 0) is 6.54 Å². The molecule has 0 aliphatic heterocycles. The summed E-state index contributed by atoms with van der Waals surface area (Å²) in [6.07, 6.45) is 1.12. The second-order valence-electron chi connectivity index (χ2n) is 5.39. The van der Waals surface area contributed by atoms with Crippen molar-refractivity contribution in [2.24, 2.45) is 5.92 Å². The molecule has 0 bridgehead atoms. The zero-order valence-corrected chi connectivity index (χ0v) is 12.8. The van der Waals surface area contributed by atoms with Gasteiger partial charge in [0.05, 0.1) is 11.6 Å². The number of nitrogens with zero attached hydrogens (tertiary/aromatic N) is 1. The summed E-state index contributed by atoms with van der Waals surface area (Å²) in [4.78, 5) is 1.38. The van der Waals surface area contributed by atoms with Crippen molar-refractivity contribution in [3.8, 4) is 6.07 Å². The number of benzene rings is 1. The van der Waals surface area contributed by atoms with Gasteiger partial charge in [0.15, 0.2) is 0 Å². The summed E-state index contributed by atoms with van der Waals surface area (Å²) in [5.41, 5.74) is 1.88. The topological polar surface area (TPSA) is 35.8 Å². The molecule has 0 radical (unpaired) electrons. The number of hydrogen-bond acceptors (Lipinski definition) is 3. The van der Waals surface area contributed by atoms with Crippen LogP contribution in [0.2, 0.25) is 0 Å². The van der Waals surface area contributed by atoms with Crippen molar-refractivity contribution in [2.75, 3.05) is 0 Å². The summed E-state index contributed by atoms with van der Waals surface area (Å²) in [6, 6.07) is 14.7. The molecule has 1 atom stereocenters. The van der Waals surface area contributed by atoms with Crippen molar-refractivity contribution in [1.82, 2.24) is 5.32 Å². The SMILES string of the molecule is CC(C)CC(NCc1cccc(C#N)c1)c1cccs1. The van der Waals surface area contributed by atoms with Crippen molar-refractivity contribution in [1.29, 1.82) is 5.26 Å². The molecule has 104 valence electrons. The first-order chi connectivity index (χ1) is 9.69. The molecule has 0 saturated heterocycles. The summed E-state index contributed by atoms with van der Waals surface area (Å²) in [5.74, 6) is 0.653. The third-order valence-corrected chi connectivity index (χ3v) is 4.19. The quantitative estimate of drug-likeness (QED) is 0.848. The van der Waals surface area contributed by atoms with Gasteiger partial charge < -0.3 is 5.32 Å². The van der Waals surface area contributed by atoms with Crippen LogP contribution in [0.4, 0.5) is 0 Å². The van der Waals surface area contributed by atoms with E-state index >= 15 is 0 Å². The van der Waals surface area contributed by atoms with Gasteiger partial charge in [-0.2, -0.15) is 5.26 Å². The zero-order valence-electron chi connectivity index (χ0n) is 12.0. The highest BCUT2D eigenvalue weighted by Crippen LogP contribution is 2.25. The summed E-state index contributed by atoms with van der Waals surface area (Å²) >= 11 is 1.80. The maximum Gasteiger partial charge on any atom is 0.0991 e. The van der Waals surface area contributed by atoms with Gasteiger partial charge in [-0.25, -0.2) is 0 Å². The average Bonchev–Trinajstić information content (AvgIpc) is 2.97. The van der Waals surface area contributed by atoms with Gasteiger partial charge in [0.25, 0.3) is 0 Å². The van der Waals surface area contributed by atoms with Crippen molar-refractivity contribution in [2.45, 2.75) is 32.9 Å². The monoisotopic (exact) mass is 284 g/mol. The molecule has 0 aliphatic rings. The molecule has 0 spiro atoms. The summed E-state index contributed by atoms with van der Waals surface area (Å²) in [5, 5.41) is 14.7. The average molecular weight is 284 g/mol. The Balaban J connectivity index is 2.03. The standard InChI is InChI=1S/C17H20N2S/c1-13(2)9-16(17-7-4-8-20-17)19-12-15-6-3-5-14(10-15)11-18/h3-8,10,13,16,19H,9,12H2,1-2H3. The van der Waals surface area contributed by atoms with Crippen LogP contribution in [0.1, 0.15) is 42.3 Å². The Morgan fingerprint density at radius 3 is 2.75 bits per heavy atom. The first-order valence-electron chi connectivity index (χ1n) is 6.95. The fraction of sp³-hybridized carbons (Fsp3) is 0.353. The largest absolute Gasteiger partial charge is 0.305 e. The molecule has 2 rings (SSSR count). The van der Waals surface area contributed by atoms with Crippen LogP contribution in [0, 0.1) is 17.2 Å². The Hall–Kier alpha value is -1.63. The van der Waals surface area contributed by atoms with E-state index in [1.807, 2.05) is 18.2 Å². The number of hydrogen-bond donors (Lipinski definition) is 1. The van der Waals surface area contributed by atoms with Crippen LogP contribution in [-0.4, -0.2) is 0 Å². The second kappa shape index (κ2) is 7.23. The fourth-order valence-electron chi connectivity index (χ4n) is 2.25. The number of nitrogens with one attached hydrogen (secondary N) is 1. The first-order valence-corrected chi connectivity index (χ1v) is 7.83. The molecule has 1 unspecified atom stereocenters. The summed E-state index contributed by atoms with van der Waals surface area (Å²) in [6.45, 7) is 5.29. The lowest BCUT2D eigenvalue weighted by atomic mass is 10.0. The lowest BCUT2D eigenvalue weighted by molar-refractivity contribution is 0.433. The molecule has 1 N–H and O–H groups in total. The highest BCUT2D eigenvalue weighted by molar-refractivity contribution is 7.10. The van der Waals surface area contributed by atoms with E-state index in [1.54, 1.807) is 11.3 Å². The molecule has 20 heavy (non-hydrogen) atoms. The van der Waals surface area contributed by atoms with Crippen molar-refractivity contribution >= 4 is 11.3 Å². The molecule has 2 nitrogen and oxygen atoms in total. The summed E-state index contributed by atoms with van der Waals surface area (Å²) < 4.78 is 0. The van der Waals surface area contributed by atoms with Crippen molar-refractivity contribution in [3.63, 3.8) is 0 Å². The molecule has 3 heteroatoms. The highest BCUT2D eigenvalue weighted by atomic mass is 32.1. The van der Waals surface area contributed by atoms with Gasteiger partial charge in [0, 0.05) is 17.5 Å². The molecule has 1 aromatic carbocycles. The molecular weight excluding hydrogens is 264 g/mol. The Labute approximate surface area is 125 Å². The Morgan fingerprint density at radius 1 is 1.25 bits per heavy atom. The van der Waals surface area contributed by atoms with Crippen molar-refractivity contribution in [3.05, 3.63) is 57.8 Å². The van der Waals surface area contributed by atoms with E-state index in [-0.39, 0.29) is 0 Å². The minimum Gasteiger partial charge on any atom is -0.305 e. The molecule has 0 saturated carbocycles. The lowest BCUT2D eigenvalue weighted by Gasteiger charge is -2.19.